The standard InChI is InChI=1S/C17H24BrN3O3/c18-8-2-5-13(19)10-3-1-4-11-12(10)9-21(17(11)24)14-6-7-15(22)20-16(14)23/h1,3-4,9,13-16,20,22-24H,2,5-8,19H2. The third-order valence-electron chi connectivity index (χ3n) is 4.76. The molecular formula is C17H24BrN3O3. The fraction of sp³-hybridized carbons (Fsp3) is 0.529. The number of nitrogens with two attached hydrogens (primary N) is 1. The summed E-state index contributed by atoms with van der Waals surface area (Å²) in [7, 11) is 0. The molecule has 7 heteroatoms. The van der Waals surface area contributed by atoms with Crippen LogP contribution >= 0.6 is 15.9 Å². The molecule has 24 heavy (non-hydrogen) atoms. The van der Waals surface area contributed by atoms with E-state index in [1.165, 1.54) is 0 Å². The molecule has 2 aromatic rings. The van der Waals surface area contributed by atoms with Gasteiger partial charge in [-0.25, -0.2) is 0 Å². The zero-order valence-electron chi connectivity index (χ0n) is 13.4. The number of aliphatic hydroxyl groups excluding tert-OH is 2. The van der Waals surface area contributed by atoms with Gasteiger partial charge in [0, 0.05) is 28.3 Å². The quantitative estimate of drug-likeness (QED) is 0.497. The molecule has 1 aromatic carbocycles. The summed E-state index contributed by atoms with van der Waals surface area (Å²) < 4.78 is 1.69. The van der Waals surface area contributed by atoms with Crippen molar-refractivity contribution in [3.8, 4) is 5.88 Å². The number of aliphatic hydroxyl groups is 2. The molecule has 4 atom stereocenters. The molecule has 1 aliphatic rings. The molecule has 4 unspecified atom stereocenters. The fourth-order valence-electron chi connectivity index (χ4n) is 3.46. The Labute approximate surface area is 149 Å². The Balaban J connectivity index is 1.98. The third kappa shape index (κ3) is 3.32. The van der Waals surface area contributed by atoms with E-state index in [1.807, 2.05) is 24.4 Å². The van der Waals surface area contributed by atoms with Gasteiger partial charge in [0.25, 0.3) is 0 Å². The highest BCUT2D eigenvalue weighted by Crippen LogP contribution is 2.37. The van der Waals surface area contributed by atoms with Crippen molar-refractivity contribution in [2.24, 2.45) is 5.73 Å². The van der Waals surface area contributed by atoms with Crippen LogP contribution in [0, 0.1) is 0 Å². The van der Waals surface area contributed by atoms with Crippen molar-refractivity contribution in [2.45, 2.75) is 50.2 Å². The van der Waals surface area contributed by atoms with Gasteiger partial charge < -0.3 is 25.6 Å². The fourth-order valence-corrected chi connectivity index (χ4v) is 3.78. The first kappa shape index (κ1) is 17.7. The molecule has 1 aliphatic heterocycles. The second kappa shape index (κ2) is 7.41. The molecule has 0 aliphatic carbocycles. The van der Waals surface area contributed by atoms with Crippen LogP contribution in [-0.4, -0.2) is 37.7 Å². The van der Waals surface area contributed by atoms with Crippen molar-refractivity contribution in [2.75, 3.05) is 5.33 Å². The maximum atomic E-state index is 10.6. The number of hydrogen-bond acceptors (Lipinski definition) is 5. The molecule has 0 spiro atoms. The molecule has 0 amide bonds. The number of alkyl halides is 1. The van der Waals surface area contributed by atoms with Gasteiger partial charge in [0.1, 0.15) is 12.5 Å². The average Bonchev–Trinajstić information content (AvgIpc) is 2.89. The number of fused-ring (bicyclic) bond motifs is 1. The minimum Gasteiger partial charge on any atom is -0.494 e. The highest BCUT2D eigenvalue weighted by molar-refractivity contribution is 9.09. The highest BCUT2D eigenvalue weighted by Gasteiger charge is 2.30. The first-order valence-corrected chi connectivity index (χ1v) is 9.41. The Kier molecular flexibility index (Phi) is 5.46. The van der Waals surface area contributed by atoms with Crippen LogP contribution in [-0.2, 0) is 0 Å². The van der Waals surface area contributed by atoms with Gasteiger partial charge in [-0.1, -0.05) is 28.1 Å². The van der Waals surface area contributed by atoms with E-state index >= 15 is 0 Å². The predicted octanol–water partition coefficient (Wildman–Crippen LogP) is 2.08. The molecule has 1 fully saturated rings. The van der Waals surface area contributed by atoms with Crippen LogP contribution < -0.4 is 11.1 Å². The Morgan fingerprint density at radius 3 is 2.79 bits per heavy atom. The number of hydrogen-bond donors (Lipinski definition) is 5. The molecule has 6 nitrogen and oxygen atoms in total. The van der Waals surface area contributed by atoms with Crippen molar-refractivity contribution >= 4 is 26.7 Å². The van der Waals surface area contributed by atoms with Crippen molar-refractivity contribution in [1.82, 2.24) is 9.88 Å². The Hall–Kier alpha value is -1.12. The number of rotatable bonds is 5. The van der Waals surface area contributed by atoms with E-state index in [-0.39, 0.29) is 18.0 Å². The normalized spacial score (nSPS) is 25.9. The topological polar surface area (TPSA) is 104 Å². The second-order valence-corrected chi connectivity index (χ2v) is 7.17. The number of aromatic hydroxyl groups is 1. The van der Waals surface area contributed by atoms with Crippen LogP contribution in [0.4, 0.5) is 0 Å². The van der Waals surface area contributed by atoms with Crippen LogP contribution in [0.1, 0.15) is 43.3 Å². The largest absolute Gasteiger partial charge is 0.494 e. The highest BCUT2D eigenvalue weighted by atomic mass is 79.9. The first-order chi connectivity index (χ1) is 11.5. The lowest BCUT2D eigenvalue weighted by Gasteiger charge is -2.33. The summed E-state index contributed by atoms with van der Waals surface area (Å²) in [5, 5.41) is 35.7. The number of piperidine rings is 1. The molecule has 1 saturated heterocycles. The number of halogens is 1. The number of nitrogens with zero attached hydrogens (tertiary/aromatic N) is 1. The summed E-state index contributed by atoms with van der Waals surface area (Å²) >= 11 is 3.42. The maximum Gasteiger partial charge on any atom is 0.199 e. The predicted molar refractivity (Wildman–Crippen MR) is 97.0 cm³/mol. The maximum absolute atomic E-state index is 10.6. The van der Waals surface area contributed by atoms with E-state index in [0.717, 1.165) is 34.5 Å². The summed E-state index contributed by atoms with van der Waals surface area (Å²) in [5.74, 6) is 0.127. The Morgan fingerprint density at radius 1 is 1.29 bits per heavy atom. The van der Waals surface area contributed by atoms with Gasteiger partial charge in [-0.05, 0) is 37.3 Å². The van der Waals surface area contributed by atoms with Crippen molar-refractivity contribution in [3.05, 3.63) is 30.0 Å². The van der Waals surface area contributed by atoms with Crippen LogP contribution in [0.25, 0.3) is 10.8 Å². The smallest absolute Gasteiger partial charge is 0.199 e. The summed E-state index contributed by atoms with van der Waals surface area (Å²) in [6.45, 7) is 0. The summed E-state index contributed by atoms with van der Waals surface area (Å²) in [6, 6.07) is 5.32. The van der Waals surface area contributed by atoms with Gasteiger partial charge in [0.2, 0.25) is 0 Å². The van der Waals surface area contributed by atoms with E-state index in [2.05, 4.69) is 21.2 Å². The van der Waals surface area contributed by atoms with E-state index in [9.17, 15) is 15.3 Å². The lowest BCUT2D eigenvalue weighted by atomic mass is 9.99. The van der Waals surface area contributed by atoms with E-state index in [1.54, 1.807) is 4.57 Å². The zero-order chi connectivity index (χ0) is 17.3. The molecule has 6 N–H and O–H groups in total. The van der Waals surface area contributed by atoms with Gasteiger partial charge in [-0.3, -0.25) is 5.32 Å². The molecule has 0 bridgehead atoms. The molecule has 2 heterocycles. The van der Waals surface area contributed by atoms with Crippen LogP contribution in [0.5, 0.6) is 5.88 Å². The van der Waals surface area contributed by atoms with Gasteiger partial charge in [0.15, 0.2) is 5.88 Å². The molecule has 1 aromatic heterocycles. The SMILES string of the molecule is NC(CCCBr)c1cccc2c(O)n(C3CCC(O)NC3O)cc12. The average molecular weight is 398 g/mol. The number of aromatic nitrogens is 1. The minimum atomic E-state index is -0.910. The third-order valence-corrected chi connectivity index (χ3v) is 5.32. The van der Waals surface area contributed by atoms with Crippen molar-refractivity contribution in [3.63, 3.8) is 0 Å². The molecular weight excluding hydrogens is 374 g/mol. The molecule has 0 saturated carbocycles. The Morgan fingerprint density at radius 2 is 2.08 bits per heavy atom. The lowest BCUT2D eigenvalue weighted by Crippen LogP contribution is -2.47. The first-order valence-electron chi connectivity index (χ1n) is 8.29. The number of nitrogens with one attached hydrogen (secondary N) is 1. The monoisotopic (exact) mass is 397 g/mol. The van der Waals surface area contributed by atoms with Crippen LogP contribution in [0.3, 0.4) is 0 Å². The van der Waals surface area contributed by atoms with Crippen molar-refractivity contribution in [1.29, 1.82) is 0 Å². The summed E-state index contributed by atoms with van der Waals surface area (Å²) in [6.07, 6.45) is 3.18. The van der Waals surface area contributed by atoms with Gasteiger partial charge in [0.05, 0.1) is 6.04 Å². The molecule has 132 valence electrons. The summed E-state index contributed by atoms with van der Waals surface area (Å²) in [5.41, 5.74) is 7.32. The molecule has 3 rings (SSSR count). The van der Waals surface area contributed by atoms with E-state index in [4.69, 9.17) is 5.73 Å². The van der Waals surface area contributed by atoms with Crippen molar-refractivity contribution < 1.29 is 15.3 Å². The van der Waals surface area contributed by atoms with Crippen LogP contribution in [0.2, 0.25) is 0 Å². The van der Waals surface area contributed by atoms with Gasteiger partial charge in [-0.2, -0.15) is 0 Å². The number of benzene rings is 1. The van der Waals surface area contributed by atoms with Crippen LogP contribution in [0.15, 0.2) is 24.4 Å². The van der Waals surface area contributed by atoms with Gasteiger partial charge >= 0.3 is 0 Å². The minimum absolute atomic E-state index is 0.0993. The van der Waals surface area contributed by atoms with Gasteiger partial charge in [-0.15, -0.1) is 0 Å². The second-order valence-electron chi connectivity index (χ2n) is 6.38. The Bertz CT molecular complexity index is 706. The molecule has 0 radical (unpaired) electrons. The zero-order valence-corrected chi connectivity index (χ0v) is 15.0. The van der Waals surface area contributed by atoms with E-state index < -0.39 is 12.5 Å². The van der Waals surface area contributed by atoms with E-state index in [0.29, 0.717) is 12.8 Å². The lowest BCUT2D eigenvalue weighted by molar-refractivity contribution is -0.0290. The summed E-state index contributed by atoms with van der Waals surface area (Å²) in [4.78, 5) is 0.